The third kappa shape index (κ3) is 2.10. The second-order valence-corrected chi connectivity index (χ2v) is 4.89. The van der Waals surface area contributed by atoms with Gasteiger partial charge in [-0.3, -0.25) is 4.40 Å². The van der Waals surface area contributed by atoms with Crippen molar-refractivity contribution in [3.8, 4) is 22.4 Å². The Balaban J connectivity index is 2.18. The van der Waals surface area contributed by atoms with Crippen LogP contribution in [-0.2, 0) is 0 Å². The summed E-state index contributed by atoms with van der Waals surface area (Å²) in [6.07, 6.45) is 1.91. The number of methoxy groups -OCH3 is 1. The normalized spacial score (nSPS) is 10.4. The lowest BCUT2D eigenvalue weighted by Gasteiger charge is -2.02. The number of benzene rings is 1. The van der Waals surface area contributed by atoms with Crippen molar-refractivity contribution >= 4 is 17.4 Å². The molecule has 0 amide bonds. The zero-order valence-corrected chi connectivity index (χ0v) is 11.6. The molecule has 0 bridgehead atoms. The summed E-state index contributed by atoms with van der Waals surface area (Å²) < 4.78 is 7.08. The Morgan fingerprint density at radius 3 is 2.70 bits per heavy atom. The molecule has 3 rings (SSSR count). The van der Waals surface area contributed by atoms with Gasteiger partial charge in [-0.2, -0.15) is 5.26 Å². The molecule has 0 aliphatic carbocycles. The quantitative estimate of drug-likeness (QED) is 0.544. The number of thioether (sulfide) groups is 1. The van der Waals surface area contributed by atoms with Crippen LogP contribution in [0.25, 0.3) is 16.9 Å². The molecule has 0 saturated carbocycles. The van der Waals surface area contributed by atoms with Crippen LogP contribution in [0.5, 0.6) is 5.75 Å². The molecule has 4 nitrogen and oxygen atoms in total. The van der Waals surface area contributed by atoms with E-state index in [0.29, 0.717) is 0 Å². The first-order valence-corrected chi connectivity index (χ1v) is 6.82. The number of rotatable bonds is 3. The summed E-state index contributed by atoms with van der Waals surface area (Å²) in [6.45, 7) is 0. The van der Waals surface area contributed by atoms with Crippen LogP contribution in [0.1, 0.15) is 0 Å². The topological polar surface area (TPSA) is 50.3 Å². The Labute approximate surface area is 120 Å². The minimum absolute atomic E-state index is 0.798. The zero-order valence-electron chi connectivity index (χ0n) is 10.8. The van der Waals surface area contributed by atoms with Crippen LogP contribution >= 0.6 is 11.8 Å². The first kappa shape index (κ1) is 12.6. The molecule has 0 aliphatic rings. The van der Waals surface area contributed by atoms with Crippen molar-refractivity contribution in [1.29, 1.82) is 5.26 Å². The van der Waals surface area contributed by atoms with Gasteiger partial charge in [0.1, 0.15) is 27.5 Å². The van der Waals surface area contributed by atoms with Crippen molar-refractivity contribution in [2.45, 2.75) is 5.03 Å². The van der Waals surface area contributed by atoms with Crippen molar-refractivity contribution in [1.82, 2.24) is 9.38 Å². The van der Waals surface area contributed by atoms with Gasteiger partial charge in [-0.25, -0.2) is 4.98 Å². The molecule has 2 aromatic heterocycles. The molecule has 0 N–H and O–H groups in total. The molecular formula is C15H11N3OS. The average molecular weight is 281 g/mol. The van der Waals surface area contributed by atoms with Crippen molar-refractivity contribution in [2.75, 3.05) is 7.11 Å². The van der Waals surface area contributed by atoms with Crippen molar-refractivity contribution in [3.05, 3.63) is 48.7 Å². The van der Waals surface area contributed by atoms with E-state index >= 15 is 0 Å². The number of fused-ring (bicyclic) bond motifs is 1. The van der Waals surface area contributed by atoms with E-state index in [4.69, 9.17) is 10.00 Å². The van der Waals surface area contributed by atoms with E-state index in [1.54, 1.807) is 7.11 Å². The highest BCUT2D eigenvalue weighted by Crippen LogP contribution is 2.32. The van der Waals surface area contributed by atoms with Crippen molar-refractivity contribution in [2.24, 2.45) is 0 Å². The number of aromatic nitrogens is 2. The highest BCUT2D eigenvalue weighted by atomic mass is 32.2. The third-order valence-electron chi connectivity index (χ3n) is 2.99. The van der Waals surface area contributed by atoms with Crippen LogP contribution in [0.3, 0.4) is 0 Å². The Kier molecular flexibility index (Phi) is 3.32. The summed E-state index contributed by atoms with van der Waals surface area (Å²) in [5, 5.41) is 12.0. The van der Waals surface area contributed by atoms with Crippen LogP contribution < -0.4 is 4.74 Å². The number of imidazole rings is 1. The fourth-order valence-electron chi connectivity index (χ4n) is 2.05. The van der Waals surface area contributed by atoms with Crippen LogP contribution in [0.2, 0.25) is 0 Å². The van der Waals surface area contributed by atoms with Gasteiger partial charge < -0.3 is 4.74 Å². The maximum absolute atomic E-state index is 9.00. The minimum atomic E-state index is 0.798. The molecule has 1 aromatic carbocycles. The van der Waals surface area contributed by atoms with E-state index in [9.17, 15) is 0 Å². The lowest BCUT2D eigenvalue weighted by atomic mass is 10.1. The largest absolute Gasteiger partial charge is 0.497 e. The Morgan fingerprint density at radius 1 is 1.20 bits per heavy atom. The maximum atomic E-state index is 9.00. The third-order valence-corrected chi connectivity index (χ3v) is 3.67. The first-order chi connectivity index (χ1) is 9.83. The second-order valence-electron chi connectivity index (χ2n) is 4.12. The van der Waals surface area contributed by atoms with E-state index in [0.717, 1.165) is 39.4 Å². The lowest BCUT2D eigenvalue weighted by Crippen LogP contribution is -1.86. The van der Waals surface area contributed by atoms with E-state index in [-0.39, 0.29) is 0 Å². The van der Waals surface area contributed by atoms with E-state index in [1.165, 1.54) is 0 Å². The molecule has 5 heteroatoms. The van der Waals surface area contributed by atoms with Gasteiger partial charge in [-0.1, -0.05) is 6.07 Å². The van der Waals surface area contributed by atoms with Gasteiger partial charge in [0.05, 0.1) is 7.11 Å². The minimum Gasteiger partial charge on any atom is -0.497 e. The lowest BCUT2D eigenvalue weighted by molar-refractivity contribution is 0.415. The van der Waals surface area contributed by atoms with Crippen LogP contribution in [0, 0.1) is 10.7 Å². The van der Waals surface area contributed by atoms with Crippen LogP contribution in [-0.4, -0.2) is 16.5 Å². The Bertz CT molecular complexity index is 787. The van der Waals surface area contributed by atoms with E-state index in [2.05, 4.69) is 10.4 Å². The fourth-order valence-corrected chi connectivity index (χ4v) is 2.65. The summed E-state index contributed by atoms with van der Waals surface area (Å²) in [5.41, 5.74) is 2.61. The summed E-state index contributed by atoms with van der Waals surface area (Å²) in [4.78, 5) is 4.61. The van der Waals surface area contributed by atoms with Gasteiger partial charge in [0.2, 0.25) is 0 Å². The standard InChI is InChI=1S/C15H11N3OS/c1-19-12-7-5-11(6-8-12)14-15(20-10-16)18-9-3-2-4-13(18)17-14/h2-9H,1H3. The molecule has 0 fully saturated rings. The monoisotopic (exact) mass is 281 g/mol. The predicted molar refractivity (Wildman–Crippen MR) is 78.7 cm³/mol. The average Bonchev–Trinajstić information content (AvgIpc) is 2.87. The zero-order chi connectivity index (χ0) is 13.9. The van der Waals surface area contributed by atoms with Gasteiger partial charge in [0.25, 0.3) is 0 Å². The predicted octanol–water partition coefficient (Wildman–Crippen LogP) is 3.58. The number of hydrogen-bond acceptors (Lipinski definition) is 4. The van der Waals surface area contributed by atoms with Crippen molar-refractivity contribution < 1.29 is 4.74 Å². The van der Waals surface area contributed by atoms with Gasteiger partial charge in [0.15, 0.2) is 0 Å². The number of pyridine rings is 1. The highest BCUT2D eigenvalue weighted by molar-refractivity contribution is 8.03. The highest BCUT2D eigenvalue weighted by Gasteiger charge is 2.14. The molecule has 0 unspecified atom stereocenters. The Morgan fingerprint density at radius 2 is 2.00 bits per heavy atom. The van der Waals surface area contributed by atoms with Gasteiger partial charge in [0, 0.05) is 23.5 Å². The molecule has 2 heterocycles. The number of ether oxygens (including phenoxy) is 1. The molecule has 0 atom stereocenters. The number of hydrogen-bond donors (Lipinski definition) is 0. The summed E-state index contributed by atoms with van der Waals surface area (Å²) >= 11 is 1.12. The number of nitrogens with zero attached hydrogens (tertiary/aromatic N) is 3. The molecule has 0 radical (unpaired) electrons. The number of thiocyanates is 1. The number of nitriles is 1. The molecule has 3 aromatic rings. The van der Waals surface area contributed by atoms with E-state index in [1.807, 2.05) is 53.1 Å². The molecule has 0 aliphatic heterocycles. The van der Waals surface area contributed by atoms with E-state index < -0.39 is 0 Å². The second kappa shape index (κ2) is 5.27. The van der Waals surface area contributed by atoms with Crippen LogP contribution in [0.4, 0.5) is 0 Å². The summed E-state index contributed by atoms with van der Waals surface area (Å²) in [6, 6.07) is 13.5. The maximum Gasteiger partial charge on any atom is 0.140 e. The molecule has 0 spiro atoms. The van der Waals surface area contributed by atoms with Gasteiger partial charge in [-0.15, -0.1) is 0 Å². The summed E-state index contributed by atoms with van der Waals surface area (Å²) in [5.74, 6) is 0.798. The molecule has 20 heavy (non-hydrogen) atoms. The van der Waals surface area contributed by atoms with Gasteiger partial charge in [-0.05, 0) is 36.4 Å². The first-order valence-electron chi connectivity index (χ1n) is 6.01. The fraction of sp³-hybridized carbons (Fsp3) is 0.0667. The van der Waals surface area contributed by atoms with Gasteiger partial charge >= 0.3 is 0 Å². The molecular weight excluding hydrogens is 270 g/mol. The molecule has 98 valence electrons. The Hall–Kier alpha value is -2.45. The summed E-state index contributed by atoms with van der Waals surface area (Å²) in [7, 11) is 1.64. The van der Waals surface area contributed by atoms with Crippen LogP contribution in [0.15, 0.2) is 53.7 Å². The SMILES string of the molecule is COc1ccc(-c2nc3ccccn3c2SC#N)cc1. The molecule has 0 saturated heterocycles. The smallest absolute Gasteiger partial charge is 0.140 e. The van der Waals surface area contributed by atoms with Crippen molar-refractivity contribution in [3.63, 3.8) is 0 Å².